The van der Waals surface area contributed by atoms with Crippen LogP contribution in [0.2, 0.25) is 0 Å². The molecule has 0 saturated heterocycles. The average molecular weight is 230 g/mol. The second kappa shape index (κ2) is 3.45. The van der Waals surface area contributed by atoms with Gasteiger partial charge in [0.15, 0.2) is 0 Å². The number of carbonyl (C=O) groups excluding carboxylic acids is 2. The monoisotopic (exact) mass is 230 g/mol. The molecule has 0 radical (unpaired) electrons. The van der Waals surface area contributed by atoms with Crippen LogP contribution >= 0.6 is 0 Å². The average Bonchev–Trinajstić information content (AvgIpc) is 2.65. The van der Waals surface area contributed by atoms with Crippen molar-refractivity contribution in [3.05, 3.63) is 34.9 Å². The maximum Gasteiger partial charge on any atom is 0.384 e. The van der Waals surface area contributed by atoms with Gasteiger partial charge < -0.3 is 9.47 Å². The Balaban J connectivity index is 2.13. The highest BCUT2D eigenvalue weighted by molar-refractivity contribution is 6.45. The molecule has 1 aliphatic heterocycles. The number of carbonyl (C=O) groups is 2. The predicted octanol–water partition coefficient (Wildman–Crippen LogP) is 1.48. The van der Waals surface area contributed by atoms with Crippen molar-refractivity contribution in [1.29, 1.82) is 0 Å². The summed E-state index contributed by atoms with van der Waals surface area (Å²) in [6.45, 7) is 0. The molecule has 4 nitrogen and oxygen atoms in total. The molecule has 1 aromatic carbocycles. The molecule has 0 amide bonds. The highest BCUT2D eigenvalue weighted by Gasteiger charge is 2.37. The molecule has 4 heteroatoms. The van der Waals surface area contributed by atoms with Gasteiger partial charge in [-0.05, 0) is 36.6 Å². The molecule has 0 spiro atoms. The molecule has 3 rings (SSSR count). The van der Waals surface area contributed by atoms with Crippen LogP contribution < -0.4 is 4.74 Å². The first-order valence-corrected chi connectivity index (χ1v) is 5.37. The number of rotatable bonds is 1. The fourth-order valence-corrected chi connectivity index (χ4v) is 2.26. The zero-order chi connectivity index (χ0) is 12.0. The molecule has 2 aliphatic rings. The Morgan fingerprint density at radius 1 is 1.24 bits per heavy atom. The van der Waals surface area contributed by atoms with Gasteiger partial charge in [0.1, 0.15) is 11.5 Å². The Bertz CT molecular complexity index is 569. The van der Waals surface area contributed by atoms with Crippen molar-refractivity contribution in [2.75, 3.05) is 7.11 Å². The minimum Gasteiger partial charge on any atom is -0.497 e. The van der Waals surface area contributed by atoms with Crippen molar-refractivity contribution in [1.82, 2.24) is 0 Å². The summed E-state index contributed by atoms with van der Waals surface area (Å²) >= 11 is 0. The van der Waals surface area contributed by atoms with Gasteiger partial charge in [-0.15, -0.1) is 0 Å². The normalized spacial score (nSPS) is 17.7. The van der Waals surface area contributed by atoms with E-state index in [1.54, 1.807) is 13.2 Å². The molecule has 17 heavy (non-hydrogen) atoms. The molecule has 1 aromatic rings. The number of hydrogen-bond acceptors (Lipinski definition) is 4. The zero-order valence-electron chi connectivity index (χ0n) is 9.28. The van der Waals surface area contributed by atoms with E-state index in [1.807, 2.05) is 12.1 Å². The number of benzene rings is 1. The fraction of sp³-hybridized carbons (Fsp3) is 0.231. The van der Waals surface area contributed by atoms with Gasteiger partial charge in [-0.3, -0.25) is 4.79 Å². The molecule has 0 aromatic heterocycles. The van der Waals surface area contributed by atoms with Crippen LogP contribution in [0.25, 0.3) is 5.76 Å². The van der Waals surface area contributed by atoms with Gasteiger partial charge in [0, 0.05) is 5.56 Å². The second-order valence-corrected chi connectivity index (χ2v) is 4.05. The van der Waals surface area contributed by atoms with Crippen LogP contribution in [0.4, 0.5) is 0 Å². The van der Waals surface area contributed by atoms with Crippen molar-refractivity contribution < 1.29 is 19.1 Å². The van der Waals surface area contributed by atoms with Gasteiger partial charge in [0.25, 0.3) is 5.78 Å². The van der Waals surface area contributed by atoms with Crippen LogP contribution in [0, 0.1) is 0 Å². The van der Waals surface area contributed by atoms with Crippen molar-refractivity contribution in [2.45, 2.75) is 12.8 Å². The Hall–Kier alpha value is -2.10. The van der Waals surface area contributed by atoms with E-state index in [1.165, 1.54) is 0 Å². The molecule has 0 N–H and O–H groups in total. The maximum atomic E-state index is 11.5. The first-order chi connectivity index (χ1) is 8.20. The summed E-state index contributed by atoms with van der Waals surface area (Å²) in [6, 6.07) is 5.54. The van der Waals surface area contributed by atoms with Gasteiger partial charge in [-0.2, -0.15) is 0 Å². The molecular weight excluding hydrogens is 220 g/mol. The lowest BCUT2D eigenvalue weighted by molar-refractivity contribution is -0.144. The number of hydrogen-bond donors (Lipinski definition) is 0. The van der Waals surface area contributed by atoms with Gasteiger partial charge in [0.2, 0.25) is 0 Å². The van der Waals surface area contributed by atoms with E-state index < -0.39 is 11.8 Å². The molecule has 0 fully saturated rings. The minimum atomic E-state index is -0.765. The topological polar surface area (TPSA) is 52.6 Å². The van der Waals surface area contributed by atoms with Crippen molar-refractivity contribution in [3.63, 3.8) is 0 Å². The van der Waals surface area contributed by atoms with E-state index in [9.17, 15) is 9.59 Å². The first-order valence-electron chi connectivity index (χ1n) is 5.37. The highest BCUT2D eigenvalue weighted by atomic mass is 16.5. The second-order valence-electron chi connectivity index (χ2n) is 4.05. The molecule has 0 saturated carbocycles. The number of fused-ring (bicyclic) bond motifs is 2. The van der Waals surface area contributed by atoms with Crippen LogP contribution in [0.1, 0.15) is 17.5 Å². The Kier molecular flexibility index (Phi) is 2.04. The van der Waals surface area contributed by atoms with Gasteiger partial charge >= 0.3 is 5.97 Å². The lowest BCUT2D eigenvalue weighted by atomic mass is 9.90. The molecule has 1 aliphatic carbocycles. The van der Waals surface area contributed by atoms with Crippen LogP contribution in [0.5, 0.6) is 5.75 Å². The standard InChI is InChI=1S/C13H10O4/c1-16-8-3-5-9-7(6-8)2-4-10-11(14)13(15)17-12(9)10/h3,5-6H,2,4H2,1H3. The zero-order valence-corrected chi connectivity index (χ0v) is 9.28. The summed E-state index contributed by atoms with van der Waals surface area (Å²) in [5.74, 6) is -0.0625. The van der Waals surface area contributed by atoms with Crippen LogP contribution in [0.3, 0.4) is 0 Å². The van der Waals surface area contributed by atoms with Crippen LogP contribution in [-0.2, 0) is 20.7 Å². The minimum absolute atomic E-state index is 0.434. The number of methoxy groups -OCH3 is 1. The molecule has 0 bridgehead atoms. The molecule has 0 unspecified atom stereocenters. The van der Waals surface area contributed by atoms with E-state index in [2.05, 4.69) is 0 Å². The third-order valence-electron chi connectivity index (χ3n) is 3.13. The Morgan fingerprint density at radius 2 is 2.06 bits per heavy atom. The summed E-state index contributed by atoms with van der Waals surface area (Å²) in [5.41, 5.74) is 2.38. The SMILES string of the molecule is COc1ccc2c(c1)CCC1=C2OC(=O)C1=O. The van der Waals surface area contributed by atoms with E-state index >= 15 is 0 Å². The summed E-state index contributed by atoms with van der Waals surface area (Å²) in [6.07, 6.45) is 1.29. The Morgan fingerprint density at radius 3 is 2.82 bits per heavy atom. The lowest BCUT2D eigenvalue weighted by Crippen LogP contribution is -2.10. The smallest absolute Gasteiger partial charge is 0.384 e. The Labute approximate surface area is 97.8 Å². The van der Waals surface area contributed by atoms with Crippen molar-refractivity contribution >= 4 is 17.5 Å². The molecule has 1 heterocycles. The summed E-state index contributed by atoms with van der Waals surface area (Å²) in [4.78, 5) is 22.8. The molecule has 86 valence electrons. The van der Waals surface area contributed by atoms with Gasteiger partial charge in [-0.1, -0.05) is 0 Å². The summed E-state index contributed by atoms with van der Waals surface area (Å²) in [7, 11) is 1.61. The quantitative estimate of drug-likeness (QED) is 0.541. The van der Waals surface area contributed by atoms with E-state index in [0.717, 1.165) is 23.3 Å². The third-order valence-corrected chi connectivity index (χ3v) is 3.13. The number of ether oxygens (including phenoxy) is 2. The number of aryl methyl sites for hydroxylation is 1. The summed E-state index contributed by atoms with van der Waals surface area (Å²) < 4.78 is 10.2. The lowest BCUT2D eigenvalue weighted by Gasteiger charge is -2.16. The highest BCUT2D eigenvalue weighted by Crippen LogP contribution is 2.37. The van der Waals surface area contributed by atoms with E-state index in [-0.39, 0.29) is 0 Å². The van der Waals surface area contributed by atoms with Crippen molar-refractivity contribution in [3.8, 4) is 5.75 Å². The number of esters is 1. The largest absolute Gasteiger partial charge is 0.497 e. The van der Waals surface area contributed by atoms with Crippen LogP contribution in [0.15, 0.2) is 23.8 Å². The predicted molar refractivity (Wildman–Crippen MR) is 59.3 cm³/mol. The van der Waals surface area contributed by atoms with E-state index in [0.29, 0.717) is 17.8 Å². The fourth-order valence-electron chi connectivity index (χ4n) is 2.26. The van der Waals surface area contributed by atoms with E-state index in [4.69, 9.17) is 9.47 Å². The third kappa shape index (κ3) is 1.37. The first kappa shape index (κ1) is 10.1. The molecular formula is C13H10O4. The number of ketones is 1. The molecule has 0 atom stereocenters. The summed E-state index contributed by atoms with van der Waals surface area (Å²) in [5, 5.41) is 0. The van der Waals surface area contributed by atoms with Gasteiger partial charge in [0.05, 0.1) is 12.7 Å². The van der Waals surface area contributed by atoms with Gasteiger partial charge in [-0.25, -0.2) is 4.79 Å². The maximum absolute atomic E-state index is 11.5. The number of Topliss-reactive ketones (excluding diaryl/α,β-unsaturated/α-hetero) is 1. The van der Waals surface area contributed by atoms with Crippen molar-refractivity contribution in [2.24, 2.45) is 0 Å². The van der Waals surface area contributed by atoms with Crippen LogP contribution in [-0.4, -0.2) is 18.9 Å².